The highest BCUT2D eigenvalue weighted by Gasteiger charge is 2.12. The van der Waals surface area contributed by atoms with E-state index in [-0.39, 0.29) is 16.2 Å². The summed E-state index contributed by atoms with van der Waals surface area (Å²) in [6, 6.07) is 3.16. The lowest BCUT2D eigenvalue weighted by atomic mass is 10.1. The maximum atomic E-state index is 11.9. The van der Waals surface area contributed by atoms with Gasteiger partial charge >= 0.3 is 0 Å². The average molecular weight is 316 g/mol. The predicted molar refractivity (Wildman–Crippen MR) is 81.5 cm³/mol. The molecule has 4 nitrogen and oxygen atoms in total. The number of hydrogen-bond acceptors (Lipinski definition) is 3. The van der Waals surface area contributed by atoms with Gasteiger partial charge in [0.2, 0.25) is 0 Å². The molecule has 1 aromatic rings. The normalized spacial score (nSPS) is 16.1. The number of nitrogens with zero attached hydrogens (tertiary/aromatic N) is 2. The lowest BCUT2D eigenvalue weighted by Gasteiger charge is -2.26. The number of carbonyl (C=O) groups is 1. The Morgan fingerprint density at radius 3 is 2.70 bits per heavy atom. The van der Waals surface area contributed by atoms with Crippen molar-refractivity contribution in [2.75, 3.05) is 26.2 Å². The molecule has 0 aromatic carbocycles. The van der Waals surface area contributed by atoms with Gasteiger partial charge in [-0.1, -0.05) is 29.6 Å². The van der Waals surface area contributed by atoms with Gasteiger partial charge in [-0.3, -0.25) is 4.79 Å². The first-order chi connectivity index (χ1) is 9.66. The Morgan fingerprint density at radius 2 is 2.00 bits per heavy atom. The largest absolute Gasteiger partial charge is 0.352 e. The van der Waals surface area contributed by atoms with Crippen LogP contribution in [0.4, 0.5) is 0 Å². The number of nitrogens with one attached hydrogen (secondary N) is 1. The fourth-order valence-electron chi connectivity index (χ4n) is 2.36. The van der Waals surface area contributed by atoms with Crippen molar-refractivity contribution in [3.05, 3.63) is 28.0 Å². The minimum atomic E-state index is -0.196. The third-order valence-corrected chi connectivity index (χ3v) is 3.94. The van der Waals surface area contributed by atoms with E-state index < -0.39 is 0 Å². The Balaban J connectivity index is 1.72. The van der Waals surface area contributed by atoms with Crippen LogP contribution in [0.5, 0.6) is 0 Å². The van der Waals surface area contributed by atoms with Gasteiger partial charge in [0.15, 0.2) is 0 Å². The van der Waals surface area contributed by atoms with E-state index in [9.17, 15) is 4.79 Å². The van der Waals surface area contributed by atoms with E-state index >= 15 is 0 Å². The van der Waals surface area contributed by atoms with Gasteiger partial charge in [-0.25, -0.2) is 4.98 Å². The van der Waals surface area contributed by atoms with E-state index in [1.165, 1.54) is 32.4 Å². The van der Waals surface area contributed by atoms with E-state index in [4.69, 9.17) is 23.2 Å². The molecular weight excluding hydrogens is 297 g/mol. The summed E-state index contributed by atoms with van der Waals surface area (Å²) in [4.78, 5) is 18.2. The number of piperidine rings is 1. The van der Waals surface area contributed by atoms with Crippen molar-refractivity contribution in [1.29, 1.82) is 0 Å². The van der Waals surface area contributed by atoms with Crippen LogP contribution in [0.1, 0.15) is 36.0 Å². The van der Waals surface area contributed by atoms with Crippen LogP contribution in [0.25, 0.3) is 0 Å². The monoisotopic (exact) mass is 315 g/mol. The molecule has 0 aliphatic carbocycles. The summed E-state index contributed by atoms with van der Waals surface area (Å²) in [5.74, 6) is -0.196. The number of aromatic nitrogens is 1. The van der Waals surface area contributed by atoms with E-state index in [0.717, 1.165) is 13.0 Å². The van der Waals surface area contributed by atoms with Crippen molar-refractivity contribution in [1.82, 2.24) is 15.2 Å². The number of likely N-dealkylation sites (tertiary alicyclic amines) is 1. The maximum absolute atomic E-state index is 11.9. The molecule has 6 heteroatoms. The fourth-order valence-corrected chi connectivity index (χ4v) is 2.79. The molecule has 1 fully saturated rings. The number of pyridine rings is 1. The van der Waals surface area contributed by atoms with Crippen molar-refractivity contribution in [3.8, 4) is 0 Å². The molecule has 0 saturated carbocycles. The van der Waals surface area contributed by atoms with Crippen molar-refractivity contribution in [3.63, 3.8) is 0 Å². The minimum absolute atomic E-state index is 0.144. The molecule has 1 saturated heterocycles. The molecule has 20 heavy (non-hydrogen) atoms. The highest BCUT2D eigenvalue weighted by molar-refractivity contribution is 6.34. The molecule has 0 bridgehead atoms. The van der Waals surface area contributed by atoms with E-state index in [2.05, 4.69) is 15.2 Å². The minimum Gasteiger partial charge on any atom is -0.352 e. The molecule has 2 rings (SSSR count). The molecule has 0 atom stereocenters. The van der Waals surface area contributed by atoms with Crippen LogP contribution in [0, 0.1) is 0 Å². The average Bonchev–Trinajstić information content (AvgIpc) is 2.44. The van der Waals surface area contributed by atoms with Crippen LogP contribution in [0.2, 0.25) is 10.3 Å². The fraction of sp³-hybridized carbons (Fsp3) is 0.571. The Labute approximate surface area is 129 Å². The van der Waals surface area contributed by atoms with Crippen LogP contribution in [0.15, 0.2) is 12.1 Å². The molecule has 1 N–H and O–H groups in total. The van der Waals surface area contributed by atoms with Crippen LogP contribution in [-0.2, 0) is 0 Å². The molecule has 1 aromatic heterocycles. The number of amides is 1. The molecule has 0 unspecified atom stereocenters. The molecule has 1 aliphatic heterocycles. The summed E-state index contributed by atoms with van der Waals surface area (Å²) >= 11 is 11.6. The number of halogens is 2. The summed E-state index contributed by atoms with van der Waals surface area (Å²) in [7, 11) is 0. The lowest BCUT2D eigenvalue weighted by Crippen LogP contribution is -2.33. The first kappa shape index (κ1) is 15.5. The van der Waals surface area contributed by atoms with Crippen molar-refractivity contribution in [2.45, 2.75) is 25.7 Å². The molecular formula is C14H19Cl2N3O. The smallest absolute Gasteiger partial charge is 0.254 e. The highest BCUT2D eigenvalue weighted by Crippen LogP contribution is 2.16. The topological polar surface area (TPSA) is 45.2 Å². The van der Waals surface area contributed by atoms with Gasteiger partial charge in [0.05, 0.1) is 5.56 Å². The van der Waals surface area contributed by atoms with Crippen molar-refractivity contribution in [2.24, 2.45) is 0 Å². The second kappa shape index (κ2) is 7.81. The SMILES string of the molecule is O=C(NCCCN1CCCCC1)c1ccc(Cl)nc1Cl. The van der Waals surface area contributed by atoms with Gasteiger partial charge < -0.3 is 10.2 Å². The summed E-state index contributed by atoms with van der Waals surface area (Å²) in [6.45, 7) is 4.04. The van der Waals surface area contributed by atoms with Gasteiger partial charge in [0.25, 0.3) is 5.91 Å². The van der Waals surface area contributed by atoms with Gasteiger partial charge in [-0.2, -0.15) is 0 Å². The van der Waals surface area contributed by atoms with Crippen LogP contribution in [0.3, 0.4) is 0 Å². The lowest BCUT2D eigenvalue weighted by molar-refractivity contribution is 0.0951. The van der Waals surface area contributed by atoms with Crippen molar-refractivity contribution < 1.29 is 4.79 Å². The van der Waals surface area contributed by atoms with Crippen LogP contribution < -0.4 is 5.32 Å². The van der Waals surface area contributed by atoms with E-state index in [1.54, 1.807) is 12.1 Å². The Kier molecular flexibility index (Phi) is 6.07. The molecule has 1 amide bonds. The Morgan fingerprint density at radius 1 is 1.25 bits per heavy atom. The molecule has 1 aliphatic rings. The second-order valence-corrected chi connectivity index (χ2v) is 5.73. The van der Waals surface area contributed by atoms with Gasteiger partial charge in [-0.15, -0.1) is 0 Å². The third-order valence-electron chi connectivity index (χ3n) is 3.44. The van der Waals surface area contributed by atoms with E-state index in [1.807, 2.05) is 0 Å². The zero-order chi connectivity index (χ0) is 14.4. The van der Waals surface area contributed by atoms with E-state index in [0.29, 0.717) is 12.1 Å². The Bertz CT molecular complexity index is 462. The third kappa shape index (κ3) is 4.62. The first-order valence-corrected chi connectivity index (χ1v) is 7.75. The Hall–Kier alpha value is -0.840. The quantitative estimate of drug-likeness (QED) is 0.671. The zero-order valence-corrected chi connectivity index (χ0v) is 12.9. The summed E-state index contributed by atoms with van der Waals surface area (Å²) < 4.78 is 0. The number of carbonyl (C=O) groups excluding carboxylic acids is 1. The van der Waals surface area contributed by atoms with Crippen molar-refractivity contribution >= 4 is 29.1 Å². The standard InChI is InChI=1S/C14H19Cl2N3O/c15-12-6-5-11(13(16)18-12)14(20)17-7-4-10-19-8-2-1-3-9-19/h5-6H,1-4,7-10H2,(H,17,20). The van der Waals surface area contributed by atoms with Crippen LogP contribution in [-0.4, -0.2) is 42.0 Å². The second-order valence-electron chi connectivity index (χ2n) is 4.98. The highest BCUT2D eigenvalue weighted by atomic mass is 35.5. The first-order valence-electron chi connectivity index (χ1n) is 6.99. The number of rotatable bonds is 5. The summed E-state index contributed by atoms with van der Waals surface area (Å²) in [5, 5.41) is 3.30. The van der Waals surface area contributed by atoms with Gasteiger partial charge in [-0.05, 0) is 51.0 Å². The maximum Gasteiger partial charge on any atom is 0.254 e. The van der Waals surface area contributed by atoms with Gasteiger partial charge in [0, 0.05) is 6.54 Å². The molecule has 2 heterocycles. The molecule has 0 radical (unpaired) electrons. The summed E-state index contributed by atoms with van der Waals surface area (Å²) in [5.41, 5.74) is 0.369. The van der Waals surface area contributed by atoms with Gasteiger partial charge in [0.1, 0.15) is 10.3 Å². The van der Waals surface area contributed by atoms with Crippen LogP contribution >= 0.6 is 23.2 Å². The zero-order valence-electron chi connectivity index (χ0n) is 11.4. The summed E-state index contributed by atoms with van der Waals surface area (Å²) in [6.07, 6.45) is 4.87. The predicted octanol–water partition coefficient (Wildman–Crippen LogP) is 2.99. The molecule has 0 spiro atoms. The molecule has 110 valence electrons. The number of hydrogen-bond donors (Lipinski definition) is 1.